The number of benzene rings is 2. The van der Waals surface area contributed by atoms with Crippen LogP contribution in [0.1, 0.15) is 11.1 Å². The standard InChI is InChI=1S/C26H25FN6O2/c27-19-4-3-5-20(11-19)33-15-17(12-29-33)14-31-8-9-32-24(16-31)25(34)30-23(26(32)35)10-18-13-28-22-7-2-1-6-21(18)22/h1-7,11-13,15,23-24,28H,8-10,14,16H2,(H,30,34)/t23-,24+/m0/s1. The molecule has 2 atom stereocenters. The van der Waals surface area contributed by atoms with Crippen molar-refractivity contribution < 1.29 is 14.0 Å². The van der Waals surface area contributed by atoms with Gasteiger partial charge in [0.15, 0.2) is 0 Å². The number of rotatable bonds is 5. The Balaban J connectivity index is 1.12. The maximum Gasteiger partial charge on any atom is 0.246 e. The first kappa shape index (κ1) is 21.5. The topological polar surface area (TPSA) is 86.3 Å². The lowest BCUT2D eigenvalue weighted by Gasteiger charge is -2.45. The van der Waals surface area contributed by atoms with Gasteiger partial charge in [0.05, 0.1) is 11.9 Å². The molecule has 2 fully saturated rings. The van der Waals surface area contributed by atoms with Gasteiger partial charge in [0.2, 0.25) is 11.8 Å². The molecule has 0 aliphatic carbocycles. The zero-order valence-electron chi connectivity index (χ0n) is 19.0. The molecule has 0 radical (unpaired) electrons. The fourth-order valence-corrected chi connectivity index (χ4v) is 5.12. The van der Waals surface area contributed by atoms with Gasteiger partial charge in [-0.25, -0.2) is 9.07 Å². The van der Waals surface area contributed by atoms with Crippen molar-refractivity contribution in [3.8, 4) is 5.69 Å². The quantitative estimate of drug-likeness (QED) is 0.467. The van der Waals surface area contributed by atoms with Gasteiger partial charge >= 0.3 is 0 Å². The van der Waals surface area contributed by atoms with E-state index in [2.05, 4.69) is 20.3 Å². The molecule has 4 aromatic rings. The van der Waals surface area contributed by atoms with Crippen LogP contribution in [-0.4, -0.2) is 68.1 Å². The second-order valence-corrected chi connectivity index (χ2v) is 9.18. The van der Waals surface area contributed by atoms with E-state index in [4.69, 9.17) is 0 Å². The van der Waals surface area contributed by atoms with Crippen molar-refractivity contribution in [2.75, 3.05) is 19.6 Å². The van der Waals surface area contributed by atoms with Crippen LogP contribution >= 0.6 is 0 Å². The number of carbonyl (C=O) groups excluding carboxylic acids is 2. The van der Waals surface area contributed by atoms with E-state index in [0.29, 0.717) is 38.3 Å². The van der Waals surface area contributed by atoms with Gasteiger partial charge in [0, 0.05) is 61.5 Å². The predicted octanol–water partition coefficient (Wildman–Crippen LogP) is 2.25. The van der Waals surface area contributed by atoms with Gasteiger partial charge < -0.3 is 15.2 Å². The Kier molecular flexibility index (Phi) is 5.33. The number of aromatic amines is 1. The first-order valence-corrected chi connectivity index (χ1v) is 11.7. The van der Waals surface area contributed by atoms with Crippen LogP contribution in [0.3, 0.4) is 0 Å². The molecule has 2 N–H and O–H groups in total. The molecule has 0 saturated carbocycles. The maximum absolute atomic E-state index is 13.5. The highest BCUT2D eigenvalue weighted by Gasteiger charge is 2.43. The van der Waals surface area contributed by atoms with Gasteiger partial charge in [-0.3, -0.25) is 14.5 Å². The Morgan fingerprint density at radius 3 is 2.86 bits per heavy atom. The van der Waals surface area contributed by atoms with Gasteiger partial charge in [-0.2, -0.15) is 5.10 Å². The van der Waals surface area contributed by atoms with Gasteiger partial charge in [-0.05, 0) is 29.8 Å². The first-order chi connectivity index (χ1) is 17.0. The van der Waals surface area contributed by atoms with E-state index < -0.39 is 12.1 Å². The number of piperazine rings is 2. The van der Waals surface area contributed by atoms with Gasteiger partial charge in [0.1, 0.15) is 17.9 Å². The molecule has 2 aromatic carbocycles. The zero-order chi connectivity index (χ0) is 23.9. The molecule has 6 rings (SSSR count). The number of H-pyrrole nitrogens is 1. The van der Waals surface area contributed by atoms with Crippen LogP contribution in [0.5, 0.6) is 0 Å². The first-order valence-electron chi connectivity index (χ1n) is 11.7. The van der Waals surface area contributed by atoms with Crippen molar-refractivity contribution in [2.45, 2.75) is 25.0 Å². The van der Waals surface area contributed by atoms with E-state index in [-0.39, 0.29) is 17.6 Å². The molecule has 2 amide bonds. The molecule has 0 bridgehead atoms. The van der Waals surface area contributed by atoms with E-state index in [1.807, 2.05) is 36.7 Å². The lowest BCUT2D eigenvalue weighted by atomic mass is 9.98. The Labute approximate surface area is 201 Å². The van der Waals surface area contributed by atoms with Crippen molar-refractivity contribution in [1.29, 1.82) is 0 Å². The van der Waals surface area contributed by atoms with Crippen LogP contribution in [0.4, 0.5) is 4.39 Å². The van der Waals surface area contributed by atoms with Crippen LogP contribution < -0.4 is 5.32 Å². The minimum absolute atomic E-state index is 0.0292. The predicted molar refractivity (Wildman–Crippen MR) is 128 cm³/mol. The molecule has 0 unspecified atom stereocenters. The van der Waals surface area contributed by atoms with Crippen molar-refractivity contribution in [1.82, 2.24) is 29.9 Å². The molecule has 0 spiro atoms. The maximum atomic E-state index is 13.5. The zero-order valence-corrected chi connectivity index (χ0v) is 19.0. The summed E-state index contributed by atoms with van der Waals surface area (Å²) < 4.78 is 15.2. The largest absolute Gasteiger partial charge is 0.361 e. The molecule has 8 nitrogen and oxygen atoms in total. The number of para-hydroxylation sites is 1. The molecule has 2 aromatic heterocycles. The highest BCUT2D eigenvalue weighted by Crippen LogP contribution is 2.23. The van der Waals surface area contributed by atoms with Gasteiger partial charge in [-0.15, -0.1) is 0 Å². The second-order valence-electron chi connectivity index (χ2n) is 9.18. The lowest BCUT2D eigenvalue weighted by molar-refractivity contribution is -0.153. The number of nitrogens with one attached hydrogen (secondary N) is 2. The van der Waals surface area contributed by atoms with Crippen LogP contribution in [0.25, 0.3) is 16.6 Å². The molecular weight excluding hydrogens is 447 g/mol. The third-order valence-corrected chi connectivity index (χ3v) is 6.88. The van der Waals surface area contributed by atoms with E-state index in [9.17, 15) is 14.0 Å². The van der Waals surface area contributed by atoms with E-state index >= 15 is 0 Å². The van der Waals surface area contributed by atoms with E-state index in [0.717, 1.165) is 22.0 Å². The van der Waals surface area contributed by atoms with Crippen LogP contribution in [-0.2, 0) is 22.6 Å². The number of aromatic nitrogens is 3. The summed E-state index contributed by atoms with van der Waals surface area (Å²) in [5.41, 5.74) is 3.65. The minimum Gasteiger partial charge on any atom is -0.361 e. The Morgan fingerprint density at radius 1 is 1.09 bits per heavy atom. The summed E-state index contributed by atoms with van der Waals surface area (Å²) >= 11 is 0. The molecule has 2 aliphatic heterocycles. The summed E-state index contributed by atoms with van der Waals surface area (Å²) in [4.78, 5) is 33.4. The highest BCUT2D eigenvalue weighted by molar-refractivity contribution is 5.98. The molecule has 35 heavy (non-hydrogen) atoms. The minimum atomic E-state index is -0.561. The second kappa shape index (κ2) is 8.66. The number of halogens is 1. The Bertz CT molecular complexity index is 1410. The molecule has 178 valence electrons. The van der Waals surface area contributed by atoms with Crippen LogP contribution in [0.15, 0.2) is 67.1 Å². The Hall–Kier alpha value is -3.98. The lowest BCUT2D eigenvalue weighted by Crippen LogP contribution is -2.69. The summed E-state index contributed by atoms with van der Waals surface area (Å²) in [7, 11) is 0. The van der Waals surface area contributed by atoms with Crippen LogP contribution in [0, 0.1) is 5.82 Å². The molecule has 4 heterocycles. The van der Waals surface area contributed by atoms with E-state index in [1.54, 1.807) is 27.9 Å². The van der Waals surface area contributed by atoms with Crippen molar-refractivity contribution >= 4 is 22.7 Å². The van der Waals surface area contributed by atoms with Crippen molar-refractivity contribution in [3.05, 3.63) is 84.1 Å². The summed E-state index contributed by atoms with van der Waals surface area (Å²) in [6.07, 6.45) is 5.99. The smallest absolute Gasteiger partial charge is 0.246 e. The SMILES string of the molecule is O=C1N[C@@H](Cc2c[nH]c3ccccc23)C(=O)N2CCN(Cc3cnn(-c4cccc(F)c4)c3)C[C@H]12. The number of hydrogen-bond donors (Lipinski definition) is 2. The third kappa shape index (κ3) is 4.08. The number of hydrogen-bond acceptors (Lipinski definition) is 4. The summed E-state index contributed by atoms with van der Waals surface area (Å²) in [6, 6.07) is 13.2. The van der Waals surface area contributed by atoms with Crippen molar-refractivity contribution in [3.63, 3.8) is 0 Å². The molecule has 2 aliphatic rings. The van der Waals surface area contributed by atoms with Gasteiger partial charge in [-0.1, -0.05) is 24.3 Å². The van der Waals surface area contributed by atoms with E-state index in [1.165, 1.54) is 12.1 Å². The van der Waals surface area contributed by atoms with Crippen LogP contribution in [0.2, 0.25) is 0 Å². The fourth-order valence-electron chi connectivity index (χ4n) is 5.12. The highest BCUT2D eigenvalue weighted by atomic mass is 19.1. The fraction of sp³-hybridized carbons (Fsp3) is 0.269. The summed E-state index contributed by atoms with van der Waals surface area (Å²) in [5, 5.41) is 8.38. The number of carbonyl (C=O) groups is 2. The number of nitrogens with zero attached hydrogens (tertiary/aromatic N) is 4. The number of fused-ring (bicyclic) bond motifs is 2. The molecular formula is C26H25FN6O2. The molecule has 2 saturated heterocycles. The monoisotopic (exact) mass is 472 g/mol. The normalized spacial score (nSPS) is 20.8. The molecule has 9 heteroatoms. The Morgan fingerprint density at radius 2 is 1.97 bits per heavy atom. The summed E-state index contributed by atoms with van der Waals surface area (Å²) in [6.45, 7) is 2.22. The van der Waals surface area contributed by atoms with Gasteiger partial charge in [0.25, 0.3) is 0 Å². The average Bonchev–Trinajstić information content (AvgIpc) is 3.50. The van der Waals surface area contributed by atoms with Crippen molar-refractivity contribution in [2.24, 2.45) is 0 Å². The average molecular weight is 473 g/mol. The third-order valence-electron chi connectivity index (χ3n) is 6.88. The number of amides is 2. The summed E-state index contributed by atoms with van der Waals surface area (Å²) in [5.74, 6) is -0.459.